The second kappa shape index (κ2) is 5.88. The molecule has 2 N–H and O–H groups in total. The second-order valence-electron chi connectivity index (χ2n) is 8.15. The van der Waals surface area contributed by atoms with Gasteiger partial charge in [-0.05, 0) is 80.2 Å². The zero-order chi connectivity index (χ0) is 15.9. The molecular formula is C19H28N2O2. The highest BCUT2D eigenvalue weighted by atomic mass is 16.3. The van der Waals surface area contributed by atoms with Gasteiger partial charge in [0.15, 0.2) is 0 Å². The lowest BCUT2D eigenvalue weighted by Gasteiger charge is -2.59. The smallest absolute Gasteiger partial charge is 0.315 e. The predicted molar refractivity (Wildman–Crippen MR) is 88.8 cm³/mol. The number of carbonyl (C=O) groups is 1. The van der Waals surface area contributed by atoms with Crippen LogP contribution in [0.15, 0.2) is 22.8 Å². The van der Waals surface area contributed by atoms with E-state index in [1.807, 2.05) is 12.1 Å². The summed E-state index contributed by atoms with van der Waals surface area (Å²) >= 11 is 0. The summed E-state index contributed by atoms with van der Waals surface area (Å²) in [6.07, 6.45) is 11.0. The number of carbonyl (C=O) groups excluding carboxylic acids is 1. The molecule has 0 radical (unpaired) electrons. The highest BCUT2D eigenvalue weighted by Gasteiger charge is 2.53. The Labute approximate surface area is 138 Å². The van der Waals surface area contributed by atoms with Crippen molar-refractivity contribution in [3.63, 3.8) is 0 Å². The first-order chi connectivity index (χ1) is 11.2. The van der Waals surface area contributed by atoms with Gasteiger partial charge in [-0.1, -0.05) is 6.92 Å². The Bertz CT molecular complexity index is 516. The van der Waals surface area contributed by atoms with Crippen molar-refractivity contribution in [2.45, 2.75) is 64.5 Å². The third-order valence-electron chi connectivity index (χ3n) is 6.54. The molecule has 4 aliphatic carbocycles. The molecule has 0 unspecified atom stereocenters. The van der Waals surface area contributed by atoms with Gasteiger partial charge in [0.25, 0.3) is 0 Å². The molecule has 126 valence electrons. The van der Waals surface area contributed by atoms with E-state index in [1.54, 1.807) is 6.26 Å². The first-order valence-electron chi connectivity index (χ1n) is 9.23. The average Bonchev–Trinajstić information content (AvgIpc) is 3.02. The molecule has 1 aromatic heterocycles. The van der Waals surface area contributed by atoms with Crippen LogP contribution in [0.2, 0.25) is 0 Å². The zero-order valence-electron chi connectivity index (χ0n) is 14.0. The maximum Gasteiger partial charge on any atom is 0.315 e. The van der Waals surface area contributed by atoms with Crippen LogP contribution in [-0.2, 0) is 6.54 Å². The zero-order valence-corrected chi connectivity index (χ0v) is 14.0. The van der Waals surface area contributed by atoms with Crippen LogP contribution < -0.4 is 10.6 Å². The van der Waals surface area contributed by atoms with E-state index in [1.165, 1.54) is 38.5 Å². The van der Waals surface area contributed by atoms with E-state index in [-0.39, 0.29) is 6.03 Å². The maximum absolute atomic E-state index is 12.3. The summed E-state index contributed by atoms with van der Waals surface area (Å²) < 4.78 is 5.27. The minimum atomic E-state index is -0.0519. The van der Waals surface area contributed by atoms with E-state index in [2.05, 4.69) is 17.6 Å². The summed E-state index contributed by atoms with van der Waals surface area (Å²) in [4.78, 5) is 12.3. The van der Waals surface area contributed by atoms with Crippen LogP contribution in [0.25, 0.3) is 0 Å². The fraction of sp³-hybridized carbons (Fsp3) is 0.737. The van der Waals surface area contributed by atoms with Gasteiger partial charge in [-0.3, -0.25) is 0 Å². The molecule has 1 aromatic rings. The van der Waals surface area contributed by atoms with Gasteiger partial charge in [-0.25, -0.2) is 4.79 Å². The Morgan fingerprint density at radius 3 is 2.43 bits per heavy atom. The number of nitrogens with one attached hydrogen (secondary N) is 2. The van der Waals surface area contributed by atoms with Crippen LogP contribution in [0, 0.1) is 23.2 Å². The monoisotopic (exact) mass is 316 g/mol. The van der Waals surface area contributed by atoms with Crippen molar-refractivity contribution in [2.24, 2.45) is 23.2 Å². The quantitative estimate of drug-likeness (QED) is 0.860. The fourth-order valence-corrected chi connectivity index (χ4v) is 6.08. The van der Waals surface area contributed by atoms with E-state index in [4.69, 9.17) is 4.42 Å². The van der Waals surface area contributed by atoms with Gasteiger partial charge >= 0.3 is 6.03 Å². The highest BCUT2D eigenvalue weighted by Crippen LogP contribution is 2.61. The van der Waals surface area contributed by atoms with Crippen LogP contribution in [0.4, 0.5) is 4.79 Å². The molecule has 0 spiro atoms. The summed E-state index contributed by atoms with van der Waals surface area (Å²) in [5.74, 6) is 3.55. The third kappa shape index (κ3) is 2.88. The van der Waals surface area contributed by atoms with E-state index < -0.39 is 0 Å². The lowest BCUT2D eigenvalue weighted by Crippen LogP contribution is -2.57. The first kappa shape index (κ1) is 15.1. The van der Waals surface area contributed by atoms with Crippen LogP contribution >= 0.6 is 0 Å². The molecule has 0 aliphatic heterocycles. The molecule has 1 atom stereocenters. The molecule has 23 heavy (non-hydrogen) atoms. The summed E-state index contributed by atoms with van der Waals surface area (Å²) in [5.41, 5.74) is 0.367. The molecule has 0 aromatic carbocycles. The van der Waals surface area contributed by atoms with Gasteiger partial charge in [0.05, 0.1) is 12.8 Å². The minimum absolute atomic E-state index is 0.0519. The number of furan rings is 1. The topological polar surface area (TPSA) is 54.3 Å². The van der Waals surface area contributed by atoms with Crippen molar-refractivity contribution in [3.8, 4) is 0 Å². The average molecular weight is 316 g/mol. The molecule has 2 amide bonds. The van der Waals surface area contributed by atoms with E-state index in [9.17, 15) is 4.79 Å². The second-order valence-corrected chi connectivity index (χ2v) is 8.15. The van der Waals surface area contributed by atoms with Crippen molar-refractivity contribution in [1.82, 2.24) is 10.6 Å². The summed E-state index contributed by atoms with van der Waals surface area (Å²) in [5, 5.41) is 6.23. The summed E-state index contributed by atoms with van der Waals surface area (Å²) in [7, 11) is 0. The molecule has 4 saturated carbocycles. The normalized spacial score (nSPS) is 36.0. The Morgan fingerprint density at radius 2 is 1.91 bits per heavy atom. The molecule has 4 nitrogen and oxygen atoms in total. The number of urea groups is 1. The first-order valence-corrected chi connectivity index (χ1v) is 9.23. The van der Waals surface area contributed by atoms with Gasteiger partial charge in [-0.15, -0.1) is 0 Å². The number of hydrogen-bond acceptors (Lipinski definition) is 2. The molecule has 4 aliphatic rings. The Morgan fingerprint density at radius 1 is 1.26 bits per heavy atom. The Hall–Kier alpha value is -1.45. The molecule has 4 bridgehead atoms. The van der Waals surface area contributed by atoms with Gasteiger partial charge in [0.2, 0.25) is 0 Å². The number of amides is 2. The fourth-order valence-electron chi connectivity index (χ4n) is 6.08. The molecule has 4 heteroatoms. The van der Waals surface area contributed by atoms with Crippen LogP contribution in [0.5, 0.6) is 0 Å². The highest BCUT2D eigenvalue weighted by molar-refractivity contribution is 5.74. The molecule has 4 fully saturated rings. The standard InChI is InChI=1S/C19H28N2O2/c1-2-17(21-18(22)20-12-16-4-3-5-23-16)19-9-13-6-14(10-19)8-15(7-13)11-19/h3-5,13-15,17H,2,6-12H2,1H3,(H2,20,21,22)/t13?,14?,15?,17-,19?/m1/s1. The lowest BCUT2D eigenvalue weighted by atomic mass is 9.47. The Balaban J connectivity index is 1.39. The van der Waals surface area contributed by atoms with Crippen LogP contribution in [-0.4, -0.2) is 12.1 Å². The lowest BCUT2D eigenvalue weighted by molar-refractivity contribution is -0.0721. The summed E-state index contributed by atoms with van der Waals surface area (Å²) in [6.45, 7) is 2.67. The Kier molecular flexibility index (Phi) is 3.86. The maximum atomic E-state index is 12.3. The SMILES string of the molecule is CC[C@@H](NC(=O)NCc1ccco1)C12CC3CC(CC(C3)C1)C2. The third-order valence-corrected chi connectivity index (χ3v) is 6.54. The molecule has 1 heterocycles. The van der Waals surface area contributed by atoms with Crippen molar-refractivity contribution in [1.29, 1.82) is 0 Å². The summed E-state index contributed by atoms with van der Waals surface area (Å²) in [6, 6.07) is 3.99. The van der Waals surface area contributed by atoms with Gasteiger partial charge in [-0.2, -0.15) is 0 Å². The number of hydrogen-bond donors (Lipinski definition) is 2. The van der Waals surface area contributed by atoms with E-state index in [0.717, 1.165) is 29.9 Å². The molecule has 0 saturated heterocycles. The van der Waals surface area contributed by atoms with Crippen molar-refractivity contribution >= 4 is 6.03 Å². The van der Waals surface area contributed by atoms with E-state index >= 15 is 0 Å². The van der Waals surface area contributed by atoms with Crippen LogP contribution in [0.3, 0.4) is 0 Å². The van der Waals surface area contributed by atoms with Gasteiger partial charge in [0.1, 0.15) is 5.76 Å². The predicted octanol–water partition coefficient (Wildman–Crippen LogP) is 4.07. The van der Waals surface area contributed by atoms with E-state index in [0.29, 0.717) is 18.0 Å². The van der Waals surface area contributed by atoms with Crippen LogP contribution in [0.1, 0.15) is 57.6 Å². The largest absolute Gasteiger partial charge is 0.467 e. The number of rotatable bonds is 5. The molecule has 5 rings (SSSR count). The van der Waals surface area contributed by atoms with Crippen molar-refractivity contribution in [3.05, 3.63) is 24.2 Å². The van der Waals surface area contributed by atoms with Crippen molar-refractivity contribution < 1.29 is 9.21 Å². The van der Waals surface area contributed by atoms with Crippen molar-refractivity contribution in [2.75, 3.05) is 0 Å². The molecular weight excluding hydrogens is 288 g/mol. The van der Waals surface area contributed by atoms with Gasteiger partial charge < -0.3 is 15.1 Å². The van der Waals surface area contributed by atoms with Gasteiger partial charge in [0, 0.05) is 6.04 Å². The minimum Gasteiger partial charge on any atom is -0.467 e.